The van der Waals surface area contributed by atoms with Gasteiger partial charge in [0.2, 0.25) is 0 Å². The maximum absolute atomic E-state index is 14.0. The van der Waals surface area contributed by atoms with E-state index in [1.54, 1.807) is 11.1 Å². The Bertz CT molecular complexity index is 1180. The zero-order valence-electron chi connectivity index (χ0n) is 17.4. The van der Waals surface area contributed by atoms with E-state index in [1.807, 2.05) is 25.2 Å². The van der Waals surface area contributed by atoms with Gasteiger partial charge in [0.05, 0.1) is 18.3 Å². The van der Waals surface area contributed by atoms with E-state index in [1.165, 1.54) is 22.9 Å². The van der Waals surface area contributed by atoms with Gasteiger partial charge < -0.3 is 14.5 Å². The van der Waals surface area contributed by atoms with Gasteiger partial charge in [-0.15, -0.1) is 0 Å². The molecule has 1 amide bonds. The van der Waals surface area contributed by atoms with Crippen LogP contribution >= 0.6 is 15.9 Å². The lowest BCUT2D eigenvalue weighted by molar-refractivity contribution is 0.0604. The van der Waals surface area contributed by atoms with Crippen LogP contribution in [0.3, 0.4) is 0 Å². The lowest BCUT2D eigenvalue weighted by Crippen LogP contribution is -2.51. The van der Waals surface area contributed by atoms with Gasteiger partial charge >= 0.3 is 0 Å². The minimum atomic E-state index is -0.628. The van der Waals surface area contributed by atoms with Crippen LogP contribution in [0.25, 0.3) is 0 Å². The molecule has 2 aromatic carbocycles. The number of carbonyl (C=O) groups excluding carboxylic acids is 1. The summed E-state index contributed by atoms with van der Waals surface area (Å²) in [4.78, 5) is 17.2. The molecule has 0 unspecified atom stereocenters. The summed E-state index contributed by atoms with van der Waals surface area (Å²) >= 11 is 3.47. The standard InChI is InChI=1S/C23H21BrF2N4O2/c1-28-11-16(13-32-21-9-15(24)5-6-20(21)28)30-8-7-14-10-29(27-22(14)23(30)31)12-17-18(25)3-2-4-19(17)26/h2-6,9-10,16H,7-8,11-13H2,1H3/t16-/m0/s1. The smallest absolute Gasteiger partial charge is 0.275 e. The number of benzene rings is 2. The number of hydrogen-bond donors (Lipinski definition) is 0. The van der Waals surface area contributed by atoms with Crippen molar-refractivity contribution in [3.05, 3.63) is 75.5 Å². The first kappa shape index (κ1) is 20.9. The molecule has 6 nitrogen and oxygen atoms in total. The Morgan fingerprint density at radius 3 is 2.78 bits per heavy atom. The van der Waals surface area contributed by atoms with Crippen LogP contribution in [0.15, 0.2) is 47.1 Å². The Hall–Kier alpha value is -2.94. The van der Waals surface area contributed by atoms with Crippen molar-refractivity contribution in [3.8, 4) is 5.75 Å². The predicted molar refractivity (Wildman–Crippen MR) is 119 cm³/mol. The molecule has 0 fully saturated rings. The molecule has 9 heteroatoms. The molecule has 0 radical (unpaired) electrons. The fraction of sp³-hybridized carbons (Fsp3) is 0.304. The normalized spacial score (nSPS) is 18.1. The maximum Gasteiger partial charge on any atom is 0.275 e. The van der Waals surface area contributed by atoms with Gasteiger partial charge in [-0.1, -0.05) is 22.0 Å². The van der Waals surface area contributed by atoms with Gasteiger partial charge in [-0.05, 0) is 36.8 Å². The van der Waals surface area contributed by atoms with Crippen molar-refractivity contribution in [2.24, 2.45) is 0 Å². The number of halogens is 3. The van der Waals surface area contributed by atoms with Crippen LogP contribution in [0, 0.1) is 11.6 Å². The van der Waals surface area contributed by atoms with E-state index >= 15 is 0 Å². The van der Waals surface area contributed by atoms with E-state index in [-0.39, 0.29) is 24.1 Å². The van der Waals surface area contributed by atoms with Crippen molar-refractivity contribution in [1.29, 1.82) is 0 Å². The number of rotatable bonds is 3. The highest BCUT2D eigenvalue weighted by atomic mass is 79.9. The Morgan fingerprint density at radius 2 is 2.00 bits per heavy atom. The van der Waals surface area contributed by atoms with Crippen molar-refractivity contribution < 1.29 is 18.3 Å². The van der Waals surface area contributed by atoms with Crippen molar-refractivity contribution >= 4 is 27.5 Å². The molecule has 32 heavy (non-hydrogen) atoms. The molecule has 5 rings (SSSR count). The van der Waals surface area contributed by atoms with E-state index in [9.17, 15) is 13.6 Å². The molecular weight excluding hydrogens is 482 g/mol. The summed E-state index contributed by atoms with van der Waals surface area (Å²) in [5, 5.41) is 4.38. The van der Waals surface area contributed by atoms with Gasteiger partial charge in [0, 0.05) is 41.9 Å². The second kappa shape index (κ2) is 8.20. The number of nitrogens with zero attached hydrogens (tertiary/aromatic N) is 4. The van der Waals surface area contributed by atoms with Crippen molar-refractivity contribution in [2.75, 3.05) is 31.6 Å². The van der Waals surface area contributed by atoms with E-state index in [4.69, 9.17) is 4.74 Å². The zero-order chi connectivity index (χ0) is 22.4. The summed E-state index contributed by atoms with van der Waals surface area (Å²) in [5.74, 6) is -0.675. The average Bonchev–Trinajstić information content (AvgIpc) is 3.10. The largest absolute Gasteiger partial charge is 0.489 e. The van der Waals surface area contributed by atoms with Crippen LogP contribution in [-0.2, 0) is 13.0 Å². The van der Waals surface area contributed by atoms with Crippen LogP contribution in [0.2, 0.25) is 0 Å². The molecule has 0 spiro atoms. The fourth-order valence-electron chi connectivity index (χ4n) is 4.34. The molecule has 2 aliphatic heterocycles. The number of carbonyl (C=O) groups is 1. The average molecular weight is 503 g/mol. The van der Waals surface area contributed by atoms with Gasteiger partial charge in [0.15, 0.2) is 5.69 Å². The fourth-order valence-corrected chi connectivity index (χ4v) is 4.68. The third-order valence-electron chi connectivity index (χ3n) is 5.99. The summed E-state index contributed by atoms with van der Waals surface area (Å²) in [6.45, 7) is 1.46. The predicted octanol–water partition coefficient (Wildman–Crippen LogP) is 3.87. The molecule has 2 aliphatic rings. The van der Waals surface area contributed by atoms with Crippen molar-refractivity contribution in [2.45, 2.75) is 19.0 Å². The summed E-state index contributed by atoms with van der Waals surface area (Å²) in [7, 11) is 1.98. The number of fused-ring (bicyclic) bond motifs is 2. The molecule has 0 saturated carbocycles. The number of aromatic nitrogens is 2. The van der Waals surface area contributed by atoms with Gasteiger partial charge in [-0.3, -0.25) is 9.48 Å². The highest BCUT2D eigenvalue weighted by Crippen LogP contribution is 2.34. The summed E-state index contributed by atoms with van der Waals surface area (Å²) in [5.41, 5.74) is 2.02. The Kier molecular flexibility index (Phi) is 5.36. The van der Waals surface area contributed by atoms with Crippen molar-refractivity contribution in [3.63, 3.8) is 0 Å². The number of anilines is 1. The number of amides is 1. The zero-order valence-corrected chi connectivity index (χ0v) is 19.0. The summed E-state index contributed by atoms with van der Waals surface area (Å²) in [6, 6.07) is 9.48. The molecule has 0 N–H and O–H groups in total. The Balaban J connectivity index is 1.36. The summed E-state index contributed by atoms with van der Waals surface area (Å²) < 4.78 is 36.5. The topological polar surface area (TPSA) is 50.6 Å². The van der Waals surface area contributed by atoms with E-state index < -0.39 is 11.6 Å². The van der Waals surface area contributed by atoms with E-state index in [0.29, 0.717) is 31.8 Å². The third-order valence-corrected chi connectivity index (χ3v) is 6.49. The molecule has 3 heterocycles. The molecule has 1 atom stereocenters. The van der Waals surface area contributed by atoms with Crippen LogP contribution in [-0.4, -0.2) is 53.4 Å². The molecule has 166 valence electrons. The number of ether oxygens (including phenoxy) is 1. The van der Waals surface area contributed by atoms with Gasteiger partial charge in [0.25, 0.3) is 5.91 Å². The van der Waals surface area contributed by atoms with Crippen LogP contribution in [0.1, 0.15) is 21.6 Å². The number of hydrogen-bond acceptors (Lipinski definition) is 4. The highest BCUT2D eigenvalue weighted by molar-refractivity contribution is 9.10. The van der Waals surface area contributed by atoms with Gasteiger partial charge in [0.1, 0.15) is 24.0 Å². The monoisotopic (exact) mass is 502 g/mol. The third kappa shape index (κ3) is 3.74. The summed E-state index contributed by atoms with van der Waals surface area (Å²) in [6.07, 6.45) is 2.33. The molecule has 1 aromatic heterocycles. The second-order valence-corrected chi connectivity index (χ2v) is 9.02. The van der Waals surface area contributed by atoms with Crippen molar-refractivity contribution in [1.82, 2.24) is 14.7 Å². The minimum absolute atomic E-state index is 0.0700. The molecule has 0 bridgehead atoms. The Morgan fingerprint density at radius 1 is 1.22 bits per heavy atom. The van der Waals surface area contributed by atoms with Gasteiger partial charge in [-0.2, -0.15) is 5.10 Å². The second-order valence-electron chi connectivity index (χ2n) is 8.11. The molecule has 0 saturated heterocycles. The minimum Gasteiger partial charge on any atom is -0.489 e. The highest BCUT2D eigenvalue weighted by Gasteiger charge is 2.35. The maximum atomic E-state index is 14.0. The SMILES string of the molecule is CN1C[C@H](N2CCc3cn(Cc4c(F)cccc4F)nc3C2=O)COc2cc(Br)ccc21. The van der Waals surface area contributed by atoms with Crippen LogP contribution in [0.4, 0.5) is 14.5 Å². The van der Waals surface area contributed by atoms with Crippen LogP contribution < -0.4 is 9.64 Å². The molecular formula is C23H21BrF2N4O2. The first-order valence-corrected chi connectivity index (χ1v) is 11.1. The van der Waals surface area contributed by atoms with Crippen LogP contribution in [0.5, 0.6) is 5.75 Å². The Labute approximate surface area is 192 Å². The van der Waals surface area contributed by atoms with E-state index in [0.717, 1.165) is 21.5 Å². The quantitative estimate of drug-likeness (QED) is 0.545. The first-order valence-electron chi connectivity index (χ1n) is 10.3. The lowest BCUT2D eigenvalue weighted by Gasteiger charge is -2.34. The van der Waals surface area contributed by atoms with Gasteiger partial charge in [-0.25, -0.2) is 8.78 Å². The first-order chi connectivity index (χ1) is 15.4. The molecule has 0 aliphatic carbocycles. The molecule has 3 aromatic rings. The van der Waals surface area contributed by atoms with E-state index in [2.05, 4.69) is 25.9 Å². The number of likely N-dealkylation sites (N-methyl/N-ethyl adjacent to an activating group) is 1. The lowest BCUT2D eigenvalue weighted by atomic mass is 10.0.